The van der Waals surface area contributed by atoms with E-state index in [2.05, 4.69) is 5.32 Å². The lowest BCUT2D eigenvalue weighted by Crippen LogP contribution is -2.45. The molecule has 1 amide bonds. The van der Waals surface area contributed by atoms with Crippen LogP contribution in [0.15, 0.2) is 47.4 Å². The summed E-state index contributed by atoms with van der Waals surface area (Å²) in [6, 6.07) is 11.4. The molecule has 0 aromatic heterocycles. The van der Waals surface area contributed by atoms with Gasteiger partial charge in [0.1, 0.15) is 16.7 Å². The highest BCUT2D eigenvalue weighted by atomic mass is 32.2. The smallest absolute Gasteiger partial charge is 0.247 e. The van der Waals surface area contributed by atoms with E-state index in [4.69, 9.17) is 4.74 Å². The zero-order chi connectivity index (χ0) is 20.2. The zero-order valence-electron chi connectivity index (χ0n) is 16.3. The number of anilines is 1. The highest BCUT2D eigenvalue weighted by Crippen LogP contribution is 2.29. The summed E-state index contributed by atoms with van der Waals surface area (Å²) in [5.74, 6) is -0.138. The molecular weight excluding hydrogens is 364 g/mol. The molecule has 0 bridgehead atoms. The number of nitrogens with one attached hydrogen (secondary N) is 1. The Hall–Kier alpha value is -2.38. The molecule has 0 unspecified atom stereocenters. The number of hydrogen-bond donors (Lipinski definition) is 1. The number of methoxy groups -OCH3 is 1. The molecule has 1 atom stereocenters. The summed E-state index contributed by atoms with van der Waals surface area (Å²) >= 11 is 0. The van der Waals surface area contributed by atoms with Crippen LogP contribution in [-0.4, -0.2) is 38.3 Å². The molecule has 0 radical (unpaired) electrons. The molecule has 146 valence electrons. The standard InChI is InChI=1S/C20H26N2O4S/c1-6-22(16(4)20(23)21-17-10-7-14(2)8-11-17)27(24,25)19-13-15(3)9-12-18(19)26-5/h7-13,16H,6H2,1-5H3,(H,21,23)/t16-/m1/s1. The number of hydrogen-bond acceptors (Lipinski definition) is 4. The fourth-order valence-electron chi connectivity index (χ4n) is 2.78. The van der Waals surface area contributed by atoms with Crippen LogP contribution in [0.4, 0.5) is 5.69 Å². The molecule has 1 N–H and O–H groups in total. The third-order valence-electron chi connectivity index (χ3n) is 4.35. The first-order chi connectivity index (χ1) is 12.7. The Morgan fingerprint density at radius 2 is 1.70 bits per heavy atom. The Balaban J connectivity index is 2.32. The SMILES string of the molecule is CCN([C@H](C)C(=O)Nc1ccc(C)cc1)S(=O)(=O)c1cc(C)ccc1OC. The lowest BCUT2D eigenvalue weighted by Gasteiger charge is -2.27. The van der Waals surface area contributed by atoms with Gasteiger partial charge in [0.2, 0.25) is 15.9 Å². The minimum absolute atomic E-state index is 0.0573. The van der Waals surface area contributed by atoms with Crippen LogP contribution in [-0.2, 0) is 14.8 Å². The fraction of sp³-hybridized carbons (Fsp3) is 0.350. The van der Waals surface area contributed by atoms with Gasteiger partial charge < -0.3 is 10.1 Å². The molecule has 2 aromatic carbocycles. The molecule has 0 aliphatic carbocycles. The maximum absolute atomic E-state index is 13.2. The average molecular weight is 391 g/mol. The van der Waals surface area contributed by atoms with Crippen LogP contribution in [0.25, 0.3) is 0 Å². The van der Waals surface area contributed by atoms with E-state index in [0.717, 1.165) is 11.1 Å². The lowest BCUT2D eigenvalue weighted by molar-refractivity contribution is -0.119. The first kappa shape index (κ1) is 20.9. The largest absolute Gasteiger partial charge is 0.495 e. The van der Waals surface area contributed by atoms with Gasteiger partial charge in [0.15, 0.2) is 0 Å². The summed E-state index contributed by atoms with van der Waals surface area (Å²) in [5, 5.41) is 2.77. The van der Waals surface area contributed by atoms with Crippen molar-refractivity contribution in [1.82, 2.24) is 4.31 Å². The number of aryl methyl sites for hydroxylation is 2. The van der Waals surface area contributed by atoms with Crippen LogP contribution in [0.2, 0.25) is 0 Å². The quantitative estimate of drug-likeness (QED) is 0.787. The van der Waals surface area contributed by atoms with Crippen LogP contribution in [0, 0.1) is 13.8 Å². The number of nitrogens with zero attached hydrogens (tertiary/aromatic N) is 1. The predicted molar refractivity (Wildman–Crippen MR) is 107 cm³/mol. The summed E-state index contributed by atoms with van der Waals surface area (Å²) in [6.07, 6.45) is 0. The molecule has 6 nitrogen and oxygen atoms in total. The normalized spacial score (nSPS) is 12.7. The Bertz CT molecular complexity index is 908. The van der Waals surface area contributed by atoms with Crippen LogP contribution in [0.5, 0.6) is 5.75 Å². The molecule has 2 rings (SSSR count). The number of benzene rings is 2. The second kappa shape index (κ2) is 8.54. The van der Waals surface area contributed by atoms with Gasteiger partial charge in [0, 0.05) is 12.2 Å². The van der Waals surface area contributed by atoms with Crippen LogP contribution >= 0.6 is 0 Å². The van der Waals surface area contributed by atoms with E-state index in [-0.39, 0.29) is 17.2 Å². The van der Waals surface area contributed by atoms with Gasteiger partial charge in [0.25, 0.3) is 0 Å². The number of carbonyl (C=O) groups excluding carboxylic acids is 1. The summed E-state index contributed by atoms with van der Waals surface area (Å²) in [4.78, 5) is 12.7. The first-order valence-corrected chi connectivity index (χ1v) is 10.2. The molecule has 0 saturated heterocycles. The molecule has 0 aliphatic rings. The topological polar surface area (TPSA) is 75.7 Å². The monoisotopic (exact) mass is 390 g/mol. The molecule has 27 heavy (non-hydrogen) atoms. The van der Waals surface area contributed by atoms with Crippen molar-refractivity contribution in [1.29, 1.82) is 0 Å². The Labute approximate surface area is 161 Å². The van der Waals surface area contributed by atoms with Crippen LogP contribution in [0.3, 0.4) is 0 Å². The van der Waals surface area contributed by atoms with Crippen LogP contribution in [0.1, 0.15) is 25.0 Å². The van der Waals surface area contributed by atoms with Gasteiger partial charge >= 0.3 is 0 Å². The molecule has 0 spiro atoms. The minimum atomic E-state index is -3.91. The molecule has 0 aliphatic heterocycles. The Morgan fingerprint density at radius 3 is 2.26 bits per heavy atom. The van der Waals surface area contributed by atoms with Crippen molar-refractivity contribution in [3.05, 3.63) is 53.6 Å². The van der Waals surface area contributed by atoms with Crippen molar-refractivity contribution in [3.8, 4) is 5.75 Å². The van der Waals surface area contributed by atoms with E-state index in [9.17, 15) is 13.2 Å². The maximum atomic E-state index is 13.2. The van der Waals surface area contributed by atoms with Gasteiger partial charge in [-0.25, -0.2) is 8.42 Å². The summed E-state index contributed by atoms with van der Waals surface area (Å²) in [5.41, 5.74) is 2.49. The minimum Gasteiger partial charge on any atom is -0.495 e. The molecule has 2 aromatic rings. The average Bonchev–Trinajstić information content (AvgIpc) is 2.63. The van der Waals surface area contributed by atoms with Gasteiger partial charge in [-0.2, -0.15) is 4.31 Å². The first-order valence-electron chi connectivity index (χ1n) is 8.74. The molecule has 0 heterocycles. The second-order valence-corrected chi connectivity index (χ2v) is 8.25. The number of rotatable bonds is 7. The van der Waals surface area contributed by atoms with Gasteiger partial charge in [-0.15, -0.1) is 0 Å². The maximum Gasteiger partial charge on any atom is 0.247 e. The third kappa shape index (κ3) is 4.67. The van der Waals surface area contributed by atoms with E-state index >= 15 is 0 Å². The summed E-state index contributed by atoms with van der Waals surface area (Å²) in [6.45, 7) is 7.20. The number of sulfonamides is 1. The molecular formula is C20H26N2O4S. The second-order valence-electron chi connectivity index (χ2n) is 6.39. The predicted octanol–water partition coefficient (Wildman–Crippen LogP) is 3.35. The van der Waals surface area contributed by atoms with Crippen molar-refractivity contribution >= 4 is 21.6 Å². The van der Waals surface area contributed by atoms with E-state index in [0.29, 0.717) is 5.69 Å². The van der Waals surface area contributed by atoms with Crippen molar-refractivity contribution < 1.29 is 17.9 Å². The number of carbonyl (C=O) groups is 1. The Kier molecular flexibility index (Phi) is 6.62. The van der Waals surface area contributed by atoms with Crippen molar-refractivity contribution in [2.75, 3.05) is 19.0 Å². The summed E-state index contributed by atoms with van der Waals surface area (Å²) in [7, 11) is -2.49. The fourth-order valence-corrected chi connectivity index (χ4v) is 4.62. The van der Waals surface area contributed by atoms with Gasteiger partial charge in [0.05, 0.1) is 7.11 Å². The van der Waals surface area contributed by atoms with Crippen molar-refractivity contribution in [3.63, 3.8) is 0 Å². The van der Waals surface area contributed by atoms with Gasteiger partial charge in [-0.3, -0.25) is 4.79 Å². The van der Waals surface area contributed by atoms with E-state index in [1.807, 2.05) is 26.0 Å². The van der Waals surface area contributed by atoms with Crippen LogP contribution < -0.4 is 10.1 Å². The lowest BCUT2D eigenvalue weighted by atomic mass is 10.2. The van der Waals surface area contributed by atoms with Crippen molar-refractivity contribution in [2.45, 2.75) is 38.6 Å². The molecule has 0 saturated carbocycles. The van der Waals surface area contributed by atoms with Gasteiger partial charge in [-0.05, 0) is 50.6 Å². The van der Waals surface area contributed by atoms with Crippen molar-refractivity contribution in [2.24, 2.45) is 0 Å². The molecule has 0 fully saturated rings. The highest BCUT2D eigenvalue weighted by Gasteiger charge is 2.33. The highest BCUT2D eigenvalue weighted by molar-refractivity contribution is 7.89. The van der Waals surface area contributed by atoms with E-state index in [1.165, 1.54) is 11.4 Å². The van der Waals surface area contributed by atoms with Gasteiger partial charge in [-0.1, -0.05) is 30.7 Å². The number of likely N-dealkylation sites (N-methyl/N-ethyl adjacent to an activating group) is 1. The number of amides is 1. The van der Waals surface area contributed by atoms with E-state index in [1.54, 1.807) is 44.2 Å². The third-order valence-corrected chi connectivity index (χ3v) is 6.41. The zero-order valence-corrected chi connectivity index (χ0v) is 17.1. The Morgan fingerprint density at radius 1 is 1.11 bits per heavy atom. The number of ether oxygens (including phenoxy) is 1. The summed E-state index contributed by atoms with van der Waals surface area (Å²) < 4.78 is 32.8. The van der Waals surface area contributed by atoms with E-state index < -0.39 is 22.0 Å². The molecule has 7 heteroatoms.